The molecule has 0 fully saturated rings. The lowest BCUT2D eigenvalue weighted by atomic mass is 10.1. The fourth-order valence-corrected chi connectivity index (χ4v) is 2.39. The van der Waals surface area contributed by atoms with Crippen LogP contribution in [-0.4, -0.2) is 0 Å². The smallest absolute Gasteiger partial charge is 0.0999 e. The van der Waals surface area contributed by atoms with E-state index in [4.69, 9.17) is 46.4 Å². The van der Waals surface area contributed by atoms with Crippen LogP contribution in [0, 0.1) is 13.8 Å². The maximum atomic E-state index is 6.01. The largest absolute Gasteiger partial charge is 0.135 e. The standard InChI is InChI=1S/C9H8Cl4/c1-4-3-5(2)8(11)6(7(4)10)9(12)13/h3,9H,1-2H3. The van der Waals surface area contributed by atoms with Crippen molar-refractivity contribution in [3.05, 3.63) is 32.8 Å². The lowest BCUT2D eigenvalue weighted by molar-refractivity contribution is 1.27. The zero-order valence-corrected chi connectivity index (χ0v) is 10.2. The molecule has 0 nitrogen and oxygen atoms in total. The van der Waals surface area contributed by atoms with Crippen LogP contribution in [0.3, 0.4) is 0 Å². The number of hydrogen-bond acceptors (Lipinski definition) is 0. The quantitative estimate of drug-likeness (QED) is 0.615. The van der Waals surface area contributed by atoms with Crippen molar-refractivity contribution in [3.8, 4) is 0 Å². The molecule has 0 bridgehead atoms. The molecular weight excluding hydrogens is 250 g/mol. The highest BCUT2D eigenvalue weighted by Gasteiger charge is 2.16. The Bertz CT molecular complexity index is 305. The van der Waals surface area contributed by atoms with E-state index >= 15 is 0 Å². The Hall–Kier alpha value is 0.380. The Morgan fingerprint density at radius 1 is 1.00 bits per heavy atom. The van der Waals surface area contributed by atoms with Gasteiger partial charge in [-0.25, -0.2) is 0 Å². The van der Waals surface area contributed by atoms with Crippen LogP contribution >= 0.6 is 46.4 Å². The SMILES string of the molecule is Cc1cc(C)c(Cl)c(C(Cl)Cl)c1Cl. The minimum Gasteiger partial charge on any atom is -0.0999 e. The molecule has 4 heteroatoms. The van der Waals surface area contributed by atoms with E-state index < -0.39 is 4.84 Å². The van der Waals surface area contributed by atoms with E-state index in [1.54, 1.807) is 0 Å². The fourth-order valence-electron chi connectivity index (χ4n) is 1.16. The van der Waals surface area contributed by atoms with Crippen LogP contribution in [0.2, 0.25) is 10.0 Å². The minimum absolute atomic E-state index is 0.547. The van der Waals surface area contributed by atoms with Gasteiger partial charge in [0.1, 0.15) is 4.84 Å². The second kappa shape index (κ2) is 4.27. The van der Waals surface area contributed by atoms with Crippen molar-refractivity contribution in [1.82, 2.24) is 0 Å². The predicted molar refractivity (Wildman–Crippen MR) is 60.4 cm³/mol. The molecule has 0 aromatic heterocycles. The van der Waals surface area contributed by atoms with Gasteiger partial charge in [0.05, 0.1) is 10.0 Å². The summed E-state index contributed by atoms with van der Waals surface area (Å²) in [7, 11) is 0. The normalized spacial score (nSPS) is 11.0. The van der Waals surface area contributed by atoms with E-state index in [1.165, 1.54) is 0 Å². The Kier molecular flexibility index (Phi) is 3.76. The summed E-state index contributed by atoms with van der Waals surface area (Å²) in [6.45, 7) is 3.79. The van der Waals surface area contributed by atoms with E-state index in [0.717, 1.165) is 11.1 Å². The molecule has 0 aliphatic rings. The van der Waals surface area contributed by atoms with Gasteiger partial charge in [-0.2, -0.15) is 0 Å². The first-order chi connectivity index (χ1) is 5.95. The van der Waals surface area contributed by atoms with Crippen LogP contribution in [0.25, 0.3) is 0 Å². The van der Waals surface area contributed by atoms with Crippen molar-refractivity contribution in [2.75, 3.05) is 0 Å². The van der Waals surface area contributed by atoms with Gasteiger partial charge in [0.15, 0.2) is 0 Å². The summed E-state index contributed by atoms with van der Waals surface area (Å²) in [4.78, 5) is -0.682. The summed E-state index contributed by atoms with van der Waals surface area (Å²) in [5.41, 5.74) is 2.47. The Morgan fingerprint density at radius 2 is 1.38 bits per heavy atom. The second-order valence-corrected chi connectivity index (χ2v) is 4.70. The molecular formula is C9H8Cl4. The molecule has 0 amide bonds. The van der Waals surface area contributed by atoms with Crippen LogP contribution in [-0.2, 0) is 0 Å². The van der Waals surface area contributed by atoms with E-state index in [1.807, 2.05) is 19.9 Å². The highest BCUT2D eigenvalue weighted by molar-refractivity contribution is 6.47. The van der Waals surface area contributed by atoms with Gasteiger partial charge in [0, 0.05) is 5.56 Å². The molecule has 0 saturated carbocycles. The van der Waals surface area contributed by atoms with E-state index in [0.29, 0.717) is 15.6 Å². The number of rotatable bonds is 1. The molecule has 0 atom stereocenters. The molecule has 0 saturated heterocycles. The molecule has 13 heavy (non-hydrogen) atoms. The monoisotopic (exact) mass is 256 g/mol. The van der Waals surface area contributed by atoms with Gasteiger partial charge < -0.3 is 0 Å². The molecule has 0 aliphatic heterocycles. The molecule has 72 valence electrons. The topological polar surface area (TPSA) is 0 Å². The summed E-state index contributed by atoms with van der Waals surface area (Å²) < 4.78 is 0. The van der Waals surface area contributed by atoms with Gasteiger partial charge in [0.25, 0.3) is 0 Å². The lowest BCUT2D eigenvalue weighted by Gasteiger charge is -2.12. The maximum absolute atomic E-state index is 6.01. The molecule has 1 aromatic carbocycles. The van der Waals surface area contributed by atoms with Gasteiger partial charge in [-0.15, -0.1) is 0 Å². The molecule has 1 rings (SSSR count). The van der Waals surface area contributed by atoms with Crippen LogP contribution in [0.4, 0.5) is 0 Å². The first-order valence-electron chi connectivity index (χ1n) is 3.68. The summed E-state index contributed by atoms with van der Waals surface area (Å²) in [5, 5.41) is 1.09. The lowest BCUT2D eigenvalue weighted by Crippen LogP contribution is -1.92. The number of halogens is 4. The first kappa shape index (κ1) is 11.5. The number of benzene rings is 1. The van der Waals surface area contributed by atoms with Crippen LogP contribution in [0.1, 0.15) is 21.5 Å². The van der Waals surface area contributed by atoms with Gasteiger partial charge >= 0.3 is 0 Å². The number of aryl methyl sites for hydroxylation is 2. The molecule has 0 spiro atoms. The van der Waals surface area contributed by atoms with Crippen LogP contribution in [0.15, 0.2) is 6.07 Å². The van der Waals surface area contributed by atoms with Crippen molar-refractivity contribution in [3.63, 3.8) is 0 Å². The van der Waals surface area contributed by atoms with Crippen molar-refractivity contribution in [1.29, 1.82) is 0 Å². The van der Waals surface area contributed by atoms with Gasteiger partial charge in [-0.3, -0.25) is 0 Å². The summed E-state index contributed by atoms with van der Waals surface area (Å²) >= 11 is 23.5. The van der Waals surface area contributed by atoms with Gasteiger partial charge in [-0.05, 0) is 25.0 Å². The maximum Gasteiger partial charge on any atom is 0.135 e. The number of alkyl halides is 2. The van der Waals surface area contributed by atoms with Crippen molar-refractivity contribution in [2.45, 2.75) is 18.7 Å². The van der Waals surface area contributed by atoms with E-state index in [2.05, 4.69) is 0 Å². The summed E-state index contributed by atoms with van der Waals surface area (Å²) in [5.74, 6) is 0. The third kappa shape index (κ3) is 2.24. The van der Waals surface area contributed by atoms with Crippen molar-refractivity contribution in [2.24, 2.45) is 0 Å². The Morgan fingerprint density at radius 3 is 1.69 bits per heavy atom. The van der Waals surface area contributed by atoms with E-state index in [-0.39, 0.29) is 0 Å². The van der Waals surface area contributed by atoms with Crippen LogP contribution < -0.4 is 0 Å². The van der Waals surface area contributed by atoms with Crippen molar-refractivity contribution >= 4 is 46.4 Å². The average Bonchev–Trinajstić information content (AvgIpc) is 2.01. The Labute approximate surface area is 97.7 Å². The van der Waals surface area contributed by atoms with Gasteiger partial charge in [-0.1, -0.05) is 52.5 Å². The summed E-state index contributed by atoms with van der Waals surface area (Å²) in [6.07, 6.45) is 0. The Balaban J connectivity index is 3.46. The zero-order chi connectivity index (χ0) is 10.2. The molecule has 0 unspecified atom stereocenters. The molecule has 0 aliphatic carbocycles. The van der Waals surface area contributed by atoms with Gasteiger partial charge in [0.2, 0.25) is 0 Å². The third-order valence-corrected chi connectivity index (χ3v) is 3.26. The molecule has 0 radical (unpaired) electrons. The first-order valence-corrected chi connectivity index (χ1v) is 5.31. The summed E-state index contributed by atoms with van der Waals surface area (Å²) in [6, 6.07) is 1.91. The average molecular weight is 258 g/mol. The highest BCUT2D eigenvalue weighted by atomic mass is 35.5. The fraction of sp³-hybridized carbons (Fsp3) is 0.333. The van der Waals surface area contributed by atoms with E-state index in [9.17, 15) is 0 Å². The van der Waals surface area contributed by atoms with Crippen molar-refractivity contribution < 1.29 is 0 Å². The predicted octanol–water partition coefficient (Wildman–Crippen LogP) is 5.09. The number of hydrogen-bond donors (Lipinski definition) is 0. The molecule has 0 N–H and O–H groups in total. The highest BCUT2D eigenvalue weighted by Crippen LogP contribution is 2.39. The molecule has 1 aromatic rings. The zero-order valence-electron chi connectivity index (χ0n) is 7.17. The minimum atomic E-state index is -0.682. The molecule has 0 heterocycles. The van der Waals surface area contributed by atoms with Crippen LogP contribution in [0.5, 0.6) is 0 Å². The second-order valence-electron chi connectivity index (χ2n) is 2.85. The third-order valence-electron chi connectivity index (χ3n) is 1.82.